The summed E-state index contributed by atoms with van der Waals surface area (Å²) < 4.78 is 5.38. The van der Waals surface area contributed by atoms with Crippen molar-refractivity contribution in [1.29, 1.82) is 0 Å². The van der Waals surface area contributed by atoms with Crippen LogP contribution in [0.3, 0.4) is 0 Å². The summed E-state index contributed by atoms with van der Waals surface area (Å²) in [5.41, 5.74) is 0. The first kappa shape index (κ1) is 12.5. The molecule has 1 heterocycles. The van der Waals surface area contributed by atoms with Gasteiger partial charge in [0.1, 0.15) is 0 Å². The van der Waals surface area contributed by atoms with Crippen molar-refractivity contribution in [3.8, 4) is 0 Å². The van der Waals surface area contributed by atoms with Gasteiger partial charge in [-0.3, -0.25) is 4.79 Å². The van der Waals surface area contributed by atoms with E-state index >= 15 is 0 Å². The maximum absolute atomic E-state index is 12.1. The number of ether oxygens (including phenoxy) is 1. The highest BCUT2D eigenvalue weighted by Gasteiger charge is 2.32. The normalized spacial score (nSPS) is 25.9. The Morgan fingerprint density at radius 2 is 2.27 bits per heavy atom. The Morgan fingerprint density at radius 1 is 1.60 bits per heavy atom. The van der Waals surface area contributed by atoms with Crippen molar-refractivity contribution in [3.05, 3.63) is 0 Å². The molecule has 4 nitrogen and oxygen atoms in total. The van der Waals surface area contributed by atoms with Crippen molar-refractivity contribution in [1.82, 2.24) is 4.90 Å². The molecule has 0 aromatic heterocycles. The topological polar surface area (TPSA) is 49.8 Å². The Morgan fingerprint density at radius 3 is 2.67 bits per heavy atom. The van der Waals surface area contributed by atoms with Gasteiger partial charge in [-0.15, -0.1) is 0 Å². The van der Waals surface area contributed by atoms with Gasteiger partial charge >= 0.3 is 0 Å². The summed E-state index contributed by atoms with van der Waals surface area (Å²) in [5.74, 6) is 0.0948. The molecule has 4 heteroatoms. The van der Waals surface area contributed by atoms with Crippen LogP contribution in [0.25, 0.3) is 0 Å². The predicted molar refractivity (Wildman–Crippen MR) is 57.5 cm³/mol. The minimum atomic E-state index is -0.0195. The number of carbonyl (C=O) groups excluding carboxylic acids is 1. The van der Waals surface area contributed by atoms with Gasteiger partial charge in [-0.1, -0.05) is 0 Å². The first-order chi connectivity index (χ1) is 7.06. The fourth-order valence-electron chi connectivity index (χ4n) is 1.95. The first-order valence-corrected chi connectivity index (χ1v) is 5.59. The van der Waals surface area contributed by atoms with Crippen LogP contribution in [0.4, 0.5) is 0 Å². The number of carbonyl (C=O) groups is 1. The van der Waals surface area contributed by atoms with Gasteiger partial charge in [-0.25, -0.2) is 0 Å². The molecule has 0 aliphatic carbocycles. The van der Waals surface area contributed by atoms with Gasteiger partial charge < -0.3 is 14.7 Å². The molecular formula is C11H21NO3. The molecule has 1 amide bonds. The number of amides is 1. The second kappa shape index (κ2) is 5.47. The van der Waals surface area contributed by atoms with Crippen LogP contribution in [-0.2, 0) is 9.53 Å². The number of aliphatic hydroxyl groups is 1. The smallest absolute Gasteiger partial charge is 0.228 e. The lowest BCUT2D eigenvalue weighted by molar-refractivity contribution is -0.137. The van der Waals surface area contributed by atoms with Gasteiger partial charge in [0.2, 0.25) is 5.91 Å². The van der Waals surface area contributed by atoms with Crippen LogP contribution in [0.1, 0.15) is 27.2 Å². The summed E-state index contributed by atoms with van der Waals surface area (Å²) in [6, 6.07) is 0.139. The van der Waals surface area contributed by atoms with Gasteiger partial charge in [0.15, 0.2) is 0 Å². The summed E-state index contributed by atoms with van der Waals surface area (Å²) in [5, 5.41) is 8.90. The Bertz CT molecular complexity index is 218. The van der Waals surface area contributed by atoms with Crippen molar-refractivity contribution < 1.29 is 14.6 Å². The lowest BCUT2D eigenvalue weighted by atomic mass is 10.0. The highest BCUT2D eigenvalue weighted by molar-refractivity contribution is 5.79. The molecule has 15 heavy (non-hydrogen) atoms. The van der Waals surface area contributed by atoms with E-state index in [2.05, 4.69) is 0 Å². The minimum absolute atomic E-state index is 0.0195. The molecule has 1 rings (SSSR count). The molecule has 1 N–H and O–H groups in total. The van der Waals surface area contributed by atoms with Gasteiger partial charge in [0.05, 0.1) is 25.2 Å². The van der Waals surface area contributed by atoms with E-state index in [0.717, 1.165) is 6.42 Å². The van der Waals surface area contributed by atoms with E-state index < -0.39 is 0 Å². The third-order valence-corrected chi connectivity index (χ3v) is 2.79. The van der Waals surface area contributed by atoms with Crippen LogP contribution in [0.2, 0.25) is 0 Å². The van der Waals surface area contributed by atoms with Gasteiger partial charge in [-0.2, -0.15) is 0 Å². The van der Waals surface area contributed by atoms with Gasteiger partial charge in [0, 0.05) is 12.6 Å². The SMILES string of the molecule is CC1CC(C(=O)N(CCO)C(C)C)CO1. The minimum Gasteiger partial charge on any atom is -0.395 e. The third kappa shape index (κ3) is 3.18. The molecule has 2 unspecified atom stereocenters. The Hall–Kier alpha value is -0.610. The van der Waals surface area contributed by atoms with Crippen LogP contribution in [0.15, 0.2) is 0 Å². The molecule has 0 saturated carbocycles. The van der Waals surface area contributed by atoms with Crippen LogP contribution < -0.4 is 0 Å². The molecule has 1 aliphatic rings. The molecule has 0 radical (unpaired) electrons. The quantitative estimate of drug-likeness (QED) is 0.748. The lowest BCUT2D eigenvalue weighted by Crippen LogP contribution is -2.42. The fraction of sp³-hybridized carbons (Fsp3) is 0.909. The predicted octanol–water partition coefficient (Wildman–Crippen LogP) is 0.641. The zero-order chi connectivity index (χ0) is 11.4. The number of nitrogens with zero attached hydrogens (tertiary/aromatic N) is 1. The van der Waals surface area contributed by atoms with E-state index in [1.54, 1.807) is 4.90 Å². The van der Waals surface area contributed by atoms with Gasteiger partial charge in [0.25, 0.3) is 0 Å². The van der Waals surface area contributed by atoms with Gasteiger partial charge in [-0.05, 0) is 27.2 Å². The molecule has 0 aromatic rings. The number of hydrogen-bond donors (Lipinski definition) is 1. The second-order valence-electron chi connectivity index (χ2n) is 4.43. The Balaban J connectivity index is 2.55. The van der Waals surface area contributed by atoms with E-state index in [-0.39, 0.29) is 30.6 Å². The zero-order valence-electron chi connectivity index (χ0n) is 9.77. The second-order valence-corrected chi connectivity index (χ2v) is 4.43. The van der Waals surface area contributed by atoms with E-state index in [4.69, 9.17) is 9.84 Å². The fourth-order valence-corrected chi connectivity index (χ4v) is 1.95. The van der Waals surface area contributed by atoms with Crippen molar-refractivity contribution in [2.75, 3.05) is 19.8 Å². The molecule has 0 spiro atoms. The summed E-state index contributed by atoms with van der Waals surface area (Å²) >= 11 is 0. The Labute approximate surface area is 91.2 Å². The molecular weight excluding hydrogens is 194 g/mol. The molecule has 0 aromatic carbocycles. The van der Waals surface area contributed by atoms with Crippen LogP contribution in [0, 0.1) is 5.92 Å². The van der Waals surface area contributed by atoms with Crippen LogP contribution in [-0.4, -0.2) is 47.8 Å². The molecule has 1 fully saturated rings. The largest absolute Gasteiger partial charge is 0.395 e. The average molecular weight is 215 g/mol. The maximum Gasteiger partial charge on any atom is 0.228 e. The van der Waals surface area contributed by atoms with Crippen LogP contribution in [0.5, 0.6) is 0 Å². The third-order valence-electron chi connectivity index (χ3n) is 2.79. The summed E-state index contributed by atoms with van der Waals surface area (Å²) in [7, 11) is 0. The van der Waals surface area contributed by atoms with Crippen LogP contribution >= 0.6 is 0 Å². The summed E-state index contributed by atoms with van der Waals surface area (Å²) in [4.78, 5) is 13.8. The molecule has 1 saturated heterocycles. The van der Waals surface area contributed by atoms with Crippen molar-refractivity contribution >= 4 is 5.91 Å². The number of rotatable bonds is 4. The highest BCUT2D eigenvalue weighted by Crippen LogP contribution is 2.21. The molecule has 88 valence electrons. The average Bonchev–Trinajstić information content (AvgIpc) is 2.59. The summed E-state index contributed by atoms with van der Waals surface area (Å²) in [6.07, 6.45) is 0.982. The Kier molecular flexibility index (Phi) is 4.54. The van der Waals surface area contributed by atoms with Crippen molar-refractivity contribution in [3.63, 3.8) is 0 Å². The molecule has 1 aliphatic heterocycles. The lowest BCUT2D eigenvalue weighted by Gasteiger charge is -2.28. The number of hydrogen-bond acceptors (Lipinski definition) is 3. The number of aliphatic hydroxyl groups excluding tert-OH is 1. The van der Waals surface area contributed by atoms with E-state index in [0.29, 0.717) is 13.2 Å². The highest BCUT2D eigenvalue weighted by atomic mass is 16.5. The van der Waals surface area contributed by atoms with E-state index in [1.165, 1.54) is 0 Å². The monoisotopic (exact) mass is 215 g/mol. The summed E-state index contributed by atoms with van der Waals surface area (Å²) in [6.45, 7) is 6.88. The van der Waals surface area contributed by atoms with Crippen molar-refractivity contribution in [2.45, 2.75) is 39.3 Å². The molecule has 2 atom stereocenters. The first-order valence-electron chi connectivity index (χ1n) is 5.59. The van der Waals surface area contributed by atoms with Crippen molar-refractivity contribution in [2.24, 2.45) is 5.92 Å². The maximum atomic E-state index is 12.1. The van der Waals surface area contributed by atoms with E-state index in [9.17, 15) is 4.79 Å². The standard InChI is InChI=1S/C11H21NO3/c1-8(2)12(4-5-13)11(14)10-6-9(3)15-7-10/h8-10,13H,4-7H2,1-3H3. The van der Waals surface area contributed by atoms with E-state index in [1.807, 2.05) is 20.8 Å². The molecule has 0 bridgehead atoms. The zero-order valence-corrected chi connectivity index (χ0v) is 9.77.